The van der Waals surface area contributed by atoms with Crippen molar-refractivity contribution in [3.63, 3.8) is 0 Å². The zero-order valence-corrected chi connectivity index (χ0v) is 23.3. The van der Waals surface area contributed by atoms with E-state index in [0.717, 1.165) is 35.5 Å². The molecule has 1 heterocycles. The average Bonchev–Trinajstić information content (AvgIpc) is 3.20. The lowest BCUT2D eigenvalue weighted by molar-refractivity contribution is 0.00570. The molecule has 200 valence electrons. The summed E-state index contributed by atoms with van der Waals surface area (Å²) >= 11 is 0. The lowest BCUT2D eigenvalue weighted by atomic mass is 10.0. The van der Waals surface area contributed by atoms with Gasteiger partial charge in [0.25, 0.3) is 0 Å². The summed E-state index contributed by atoms with van der Waals surface area (Å²) in [6.07, 6.45) is 1.61. The van der Waals surface area contributed by atoms with Gasteiger partial charge in [0.1, 0.15) is 17.0 Å². The van der Waals surface area contributed by atoms with Crippen molar-refractivity contribution in [3.05, 3.63) is 89.0 Å². The highest BCUT2D eigenvalue weighted by molar-refractivity contribution is 5.91. The van der Waals surface area contributed by atoms with Gasteiger partial charge < -0.3 is 19.1 Å². The lowest BCUT2D eigenvalue weighted by Gasteiger charge is -2.29. The Bertz CT molecular complexity index is 1300. The highest BCUT2D eigenvalue weighted by Crippen LogP contribution is 2.45. The topological polar surface area (TPSA) is 65.1 Å². The number of carbonyl (C=O) groups excluding carboxylic acids is 2. The van der Waals surface area contributed by atoms with Gasteiger partial charge in [-0.05, 0) is 108 Å². The maximum absolute atomic E-state index is 12.6. The number of anilines is 2. The Morgan fingerprint density at radius 1 is 0.789 bits per heavy atom. The van der Waals surface area contributed by atoms with Gasteiger partial charge in [-0.2, -0.15) is 0 Å². The minimum Gasteiger partial charge on any atom is -0.495 e. The molecule has 1 aliphatic rings. The monoisotopic (exact) mass is 515 g/mol. The van der Waals surface area contributed by atoms with Crippen LogP contribution in [-0.2, 0) is 22.3 Å². The molecule has 1 unspecified atom stereocenters. The van der Waals surface area contributed by atoms with Gasteiger partial charge in [0.05, 0.1) is 23.9 Å². The Kier molecular flexibility index (Phi) is 7.54. The molecule has 1 atom stereocenters. The summed E-state index contributed by atoms with van der Waals surface area (Å²) in [6.45, 7) is 11.2. The molecule has 0 aromatic heterocycles. The number of fused-ring (bicyclic) bond motifs is 1. The number of hydrogen-bond acceptors (Lipinski definition) is 6. The standard InChI is InChI=1S/C32H37NO5/c1-31(2,3)37-29(34)22-13-11-21(12-14-22)19-26-20-24-9-8-10-27(36-7)28(24)33(26)25-17-15-23(16-18-25)30(35)38-32(4,5)6/h8-18,26H,19-20H2,1-7H3. The fourth-order valence-electron chi connectivity index (χ4n) is 4.68. The van der Waals surface area contributed by atoms with Gasteiger partial charge in [-0.1, -0.05) is 24.3 Å². The lowest BCUT2D eigenvalue weighted by Crippen LogP contribution is -2.30. The molecule has 3 aromatic carbocycles. The Hall–Kier alpha value is -3.80. The number of nitrogens with zero attached hydrogens (tertiary/aromatic N) is 1. The molecule has 6 nitrogen and oxygen atoms in total. The molecule has 0 amide bonds. The Balaban J connectivity index is 1.61. The van der Waals surface area contributed by atoms with Crippen molar-refractivity contribution in [1.29, 1.82) is 0 Å². The van der Waals surface area contributed by atoms with Crippen LogP contribution in [0.25, 0.3) is 0 Å². The Morgan fingerprint density at radius 3 is 1.82 bits per heavy atom. The van der Waals surface area contributed by atoms with Gasteiger partial charge in [-0.25, -0.2) is 9.59 Å². The van der Waals surface area contributed by atoms with Gasteiger partial charge in [0, 0.05) is 11.7 Å². The number of carbonyl (C=O) groups is 2. The number of rotatable bonds is 6. The number of benzene rings is 3. The molecule has 6 heteroatoms. The molecule has 38 heavy (non-hydrogen) atoms. The summed E-state index contributed by atoms with van der Waals surface area (Å²) in [7, 11) is 1.68. The molecule has 0 aliphatic carbocycles. The van der Waals surface area contributed by atoms with Crippen molar-refractivity contribution in [2.75, 3.05) is 12.0 Å². The van der Waals surface area contributed by atoms with Crippen LogP contribution in [0.15, 0.2) is 66.7 Å². The smallest absolute Gasteiger partial charge is 0.338 e. The van der Waals surface area contributed by atoms with E-state index in [1.807, 2.05) is 102 Å². The van der Waals surface area contributed by atoms with E-state index >= 15 is 0 Å². The van der Waals surface area contributed by atoms with Crippen molar-refractivity contribution >= 4 is 23.3 Å². The molecule has 0 bridgehead atoms. The van der Waals surface area contributed by atoms with Crippen LogP contribution in [-0.4, -0.2) is 36.3 Å². The Labute approximate surface area is 225 Å². The van der Waals surface area contributed by atoms with Gasteiger partial charge in [-0.3, -0.25) is 0 Å². The highest BCUT2D eigenvalue weighted by atomic mass is 16.6. The first-order chi connectivity index (χ1) is 17.8. The normalized spacial score (nSPS) is 15.1. The molecular formula is C32H37NO5. The van der Waals surface area contributed by atoms with E-state index in [0.29, 0.717) is 11.1 Å². The van der Waals surface area contributed by atoms with Crippen molar-refractivity contribution < 1.29 is 23.8 Å². The Morgan fingerprint density at radius 2 is 1.32 bits per heavy atom. The second-order valence-corrected chi connectivity index (χ2v) is 11.6. The van der Waals surface area contributed by atoms with E-state index in [4.69, 9.17) is 14.2 Å². The fourth-order valence-corrected chi connectivity index (χ4v) is 4.68. The zero-order valence-electron chi connectivity index (χ0n) is 23.3. The van der Waals surface area contributed by atoms with E-state index in [1.54, 1.807) is 7.11 Å². The summed E-state index contributed by atoms with van der Waals surface area (Å²) in [5.41, 5.74) is 4.28. The van der Waals surface area contributed by atoms with E-state index in [1.165, 1.54) is 5.56 Å². The SMILES string of the molecule is COc1cccc2c1N(c1ccc(C(=O)OC(C)(C)C)cc1)C(Cc1ccc(C(=O)OC(C)(C)C)cc1)C2. The molecule has 0 radical (unpaired) electrons. The number of ether oxygens (including phenoxy) is 3. The van der Waals surface area contributed by atoms with Gasteiger partial charge in [0.2, 0.25) is 0 Å². The molecular weight excluding hydrogens is 478 g/mol. The molecule has 0 saturated carbocycles. The van der Waals surface area contributed by atoms with E-state index in [2.05, 4.69) is 11.0 Å². The summed E-state index contributed by atoms with van der Waals surface area (Å²) < 4.78 is 16.8. The molecule has 0 saturated heterocycles. The number of para-hydroxylation sites is 1. The summed E-state index contributed by atoms with van der Waals surface area (Å²) in [5.74, 6) is 0.139. The maximum atomic E-state index is 12.6. The second kappa shape index (κ2) is 10.5. The minimum atomic E-state index is -0.554. The predicted molar refractivity (Wildman–Crippen MR) is 150 cm³/mol. The summed E-state index contributed by atoms with van der Waals surface area (Å²) in [6, 6.07) is 21.4. The number of methoxy groups -OCH3 is 1. The number of esters is 2. The van der Waals surface area contributed by atoms with Crippen LogP contribution in [0.1, 0.15) is 73.4 Å². The largest absolute Gasteiger partial charge is 0.495 e. The number of hydrogen-bond donors (Lipinski definition) is 0. The third-order valence-electron chi connectivity index (χ3n) is 6.20. The molecule has 1 aliphatic heterocycles. The molecule has 0 fully saturated rings. The molecule has 4 rings (SSSR count). The van der Waals surface area contributed by atoms with E-state index in [-0.39, 0.29) is 18.0 Å². The predicted octanol–water partition coefficient (Wildman–Crippen LogP) is 6.91. The third-order valence-corrected chi connectivity index (χ3v) is 6.20. The van der Waals surface area contributed by atoms with Crippen molar-refractivity contribution in [3.8, 4) is 5.75 Å². The van der Waals surface area contributed by atoms with Crippen molar-refractivity contribution in [1.82, 2.24) is 0 Å². The summed E-state index contributed by atoms with van der Waals surface area (Å²) in [5, 5.41) is 0. The average molecular weight is 516 g/mol. The van der Waals surface area contributed by atoms with Crippen LogP contribution in [0.5, 0.6) is 5.75 Å². The van der Waals surface area contributed by atoms with Crippen LogP contribution in [0.4, 0.5) is 11.4 Å². The molecule has 0 N–H and O–H groups in total. The maximum Gasteiger partial charge on any atom is 0.338 e. The van der Waals surface area contributed by atoms with Crippen LogP contribution in [0.3, 0.4) is 0 Å². The highest BCUT2D eigenvalue weighted by Gasteiger charge is 2.33. The first-order valence-electron chi connectivity index (χ1n) is 13.0. The summed E-state index contributed by atoms with van der Waals surface area (Å²) in [4.78, 5) is 27.3. The second-order valence-electron chi connectivity index (χ2n) is 11.6. The first-order valence-corrected chi connectivity index (χ1v) is 13.0. The third kappa shape index (κ3) is 6.36. The van der Waals surface area contributed by atoms with Gasteiger partial charge in [-0.15, -0.1) is 0 Å². The van der Waals surface area contributed by atoms with Crippen LogP contribution in [0.2, 0.25) is 0 Å². The first kappa shape index (κ1) is 27.2. The van der Waals surface area contributed by atoms with Gasteiger partial charge in [0.15, 0.2) is 0 Å². The zero-order chi connectivity index (χ0) is 27.7. The van der Waals surface area contributed by atoms with Crippen LogP contribution < -0.4 is 9.64 Å². The van der Waals surface area contributed by atoms with Crippen LogP contribution in [0, 0.1) is 0 Å². The minimum absolute atomic E-state index is 0.126. The van der Waals surface area contributed by atoms with E-state index in [9.17, 15) is 9.59 Å². The molecule has 3 aromatic rings. The van der Waals surface area contributed by atoms with Crippen molar-refractivity contribution in [2.24, 2.45) is 0 Å². The molecule has 0 spiro atoms. The van der Waals surface area contributed by atoms with E-state index < -0.39 is 11.2 Å². The quantitative estimate of drug-likeness (QED) is 0.332. The van der Waals surface area contributed by atoms with Crippen LogP contribution >= 0.6 is 0 Å². The fraction of sp³-hybridized carbons (Fsp3) is 0.375. The van der Waals surface area contributed by atoms with Crippen molar-refractivity contribution in [2.45, 2.75) is 71.6 Å². The van der Waals surface area contributed by atoms with Gasteiger partial charge >= 0.3 is 11.9 Å².